The van der Waals surface area contributed by atoms with Gasteiger partial charge in [-0.25, -0.2) is 5.01 Å². The Morgan fingerprint density at radius 1 is 1.06 bits per heavy atom. The molecule has 3 amide bonds. The number of hydrazone groups is 1. The first kappa shape index (κ1) is 21.3. The van der Waals surface area contributed by atoms with E-state index < -0.39 is 0 Å². The van der Waals surface area contributed by atoms with Crippen LogP contribution in [-0.4, -0.2) is 89.5 Å². The fourth-order valence-corrected chi connectivity index (χ4v) is 4.20. The van der Waals surface area contributed by atoms with E-state index in [1.807, 2.05) is 11.0 Å². The summed E-state index contributed by atoms with van der Waals surface area (Å²) in [4.78, 5) is 42.2. The SMILES string of the molecule is CC(=O)N1CCN(Cc2ccc3c(c2)CN(C(=O)C2=NN(C)C(=O)CC2)CCO3)CC1. The molecule has 9 nitrogen and oxygen atoms in total. The summed E-state index contributed by atoms with van der Waals surface area (Å²) in [5, 5.41) is 5.43. The molecule has 1 fully saturated rings. The topological polar surface area (TPSA) is 85.8 Å². The van der Waals surface area contributed by atoms with Crippen LogP contribution in [0, 0.1) is 0 Å². The molecule has 0 radical (unpaired) electrons. The van der Waals surface area contributed by atoms with Crippen molar-refractivity contribution >= 4 is 23.4 Å². The minimum atomic E-state index is -0.137. The van der Waals surface area contributed by atoms with E-state index in [1.165, 1.54) is 5.01 Å². The third kappa shape index (κ3) is 4.87. The smallest absolute Gasteiger partial charge is 0.270 e. The van der Waals surface area contributed by atoms with Gasteiger partial charge in [0.15, 0.2) is 0 Å². The number of hydrogen-bond acceptors (Lipinski definition) is 6. The van der Waals surface area contributed by atoms with Crippen molar-refractivity contribution in [1.29, 1.82) is 0 Å². The highest BCUT2D eigenvalue weighted by Gasteiger charge is 2.28. The van der Waals surface area contributed by atoms with E-state index in [4.69, 9.17) is 4.74 Å². The molecule has 31 heavy (non-hydrogen) atoms. The first-order chi connectivity index (χ1) is 14.9. The van der Waals surface area contributed by atoms with E-state index in [0.717, 1.165) is 49.6 Å². The summed E-state index contributed by atoms with van der Waals surface area (Å²) < 4.78 is 5.88. The maximum Gasteiger partial charge on any atom is 0.270 e. The lowest BCUT2D eigenvalue weighted by Gasteiger charge is -2.34. The molecule has 1 saturated heterocycles. The zero-order valence-corrected chi connectivity index (χ0v) is 18.2. The normalized spacial score (nSPS) is 20.0. The van der Waals surface area contributed by atoms with E-state index in [1.54, 1.807) is 18.9 Å². The molecule has 4 rings (SSSR count). The number of rotatable bonds is 3. The van der Waals surface area contributed by atoms with Gasteiger partial charge >= 0.3 is 0 Å². The number of carbonyl (C=O) groups is 3. The summed E-state index contributed by atoms with van der Waals surface area (Å²) in [5.74, 6) is 0.722. The second-order valence-corrected chi connectivity index (χ2v) is 8.26. The third-order valence-corrected chi connectivity index (χ3v) is 6.07. The Labute approximate surface area is 182 Å². The van der Waals surface area contributed by atoms with E-state index in [2.05, 4.69) is 22.1 Å². The van der Waals surface area contributed by atoms with Crippen LogP contribution in [-0.2, 0) is 27.5 Å². The van der Waals surface area contributed by atoms with Gasteiger partial charge in [0, 0.05) is 71.6 Å². The van der Waals surface area contributed by atoms with Gasteiger partial charge in [0.05, 0.1) is 6.54 Å². The summed E-state index contributed by atoms with van der Waals surface area (Å²) in [6.07, 6.45) is 0.682. The van der Waals surface area contributed by atoms with E-state index in [0.29, 0.717) is 38.2 Å². The molecule has 0 N–H and O–H groups in total. The van der Waals surface area contributed by atoms with Crippen LogP contribution in [0.5, 0.6) is 5.75 Å². The summed E-state index contributed by atoms with van der Waals surface area (Å²) in [7, 11) is 1.58. The lowest BCUT2D eigenvalue weighted by molar-refractivity contribution is -0.131. The van der Waals surface area contributed by atoms with Gasteiger partial charge < -0.3 is 14.5 Å². The molecule has 1 aromatic carbocycles. The number of hydrogen-bond donors (Lipinski definition) is 0. The Morgan fingerprint density at radius 3 is 2.55 bits per heavy atom. The Hall–Kier alpha value is -2.94. The second-order valence-electron chi connectivity index (χ2n) is 8.26. The summed E-state index contributed by atoms with van der Waals surface area (Å²) in [5.41, 5.74) is 2.56. The largest absolute Gasteiger partial charge is 0.491 e. The lowest BCUT2D eigenvalue weighted by atomic mass is 10.1. The monoisotopic (exact) mass is 427 g/mol. The van der Waals surface area contributed by atoms with Crippen LogP contribution in [0.2, 0.25) is 0 Å². The van der Waals surface area contributed by atoms with Crippen molar-refractivity contribution < 1.29 is 19.1 Å². The molecule has 9 heteroatoms. The number of carbonyl (C=O) groups excluding carboxylic acids is 3. The number of piperazine rings is 1. The Balaban J connectivity index is 1.43. The van der Waals surface area contributed by atoms with Crippen LogP contribution in [0.25, 0.3) is 0 Å². The van der Waals surface area contributed by atoms with Crippen molar-refractivity contribution in [3.05, 3.63) is 29.3 Å². The highest BCUT2D eigenvalue weighted by molar-refractivity contribution is 6.39. The number of fused-ring (bicyclic) bond motifs is 1. The minimum Gasteiger partial charge on any atom is -0.491 e. The fraction of sp³-hybridized carbons (Fsp3) is 0.545. The average molecular weight is 428 g/mol. The quantitative estimate of drug-likeness (QED) is 0.708. The minimum absolute atomic E-state index is 0.0742. The standard InChI is InChI=1S/C22H29N5O4/c1-16(28)26-9-7-25(8-10-26)14-17-3-5-20-18(13-17)15-27(11-12-31-20)22(30)19-4-6-21(29)24(2)23-19/h3,5,13H,4,6-12,14-15H2,1-2H3. The van der Waals surface area contributed by atoms with E-state index in [9.17, 15) is 14.4 Å². The maximum absolute atomic E-state index is 13.0. The summed E-state index contributed by atoms with van der Waals surface area (Å²) in [6, 6.07) is 6.16. The van der Waals surface area contributed by atoms with Crippen molar-refractivity contribution in [2.45, 2.75) is 32.9 Å². The number of amides is 3. The van der Waals surface area contributed by atoms with Gasteiger partial charge in [-0.2, -0.15) is 5.10 Å². The van der Waals surface area contributed by atoms with Crippen LogP contribution in [0.15, 0.2) is 23.3 Å². The molecule has 0 spiro atoms. The van der Waals surface area contributed by atoms with Crippen LogP contribution in [0.1, 0.15) is 30.9 Å². The van der Waals surface area contributed by atoms with Crippen LogP contribution < -0.4 is 4.74 Å². The first-order valence-corrected chi connectivity index (χ1v) is 10.8. The molecule has 3 aliphatic rings. The van der Waals surface area contributed by atoms with Crippen molar-refractivity contribution in [3.8, 4) is 5.75 Å². The number of nitrogens with zero attached hydrogens (tertiary/aromatic N) is 5. The maximum atomic E-state index is 13.0. The Kier molecular flexibility index (Phi) is 6.22. The Bertz CT molecular complexity index is 907. The van der Waals surface area contributed by atoms with Gasteiger partial charge in [0.25, 0.3) is 5.91 Å². The number of benzene rings is 1. The van der Waals surface area contributed by atoms with Crippen molar-refractivity contribution in [2.75, 3.05) is 46.4 Å². The molecule has 0 saturated carbocycles. The molecule has 3 aliphatic heterocycles. The lowest BCUT2D eigenvalue weighted by Crippen LogP contribution is -2.47. The molecular formula is C22H29N5O4. The van der Waals surface area contributed by atoms with Crippen molar-refractivity contribution in [2.24, 2.45) is 5.10 Å². The fourth-order valence-electron chi connectivity index (χ4n) is 4.20. The van der Waals surface area contributed by atoms with Gasteiger partial charge in [-0.1, -0.05) is 6.07 Å². The molecule has 0 aromatic heterocycles. The first-order valence-electron chi connectivity index (χ1n) is 10.8. The average Bonchev–Trinajstić information content (AvgIpc) is 2.97. The van der Waals surface area contributed by atoms with Crippen LogP contribution in [0.4, 0.5) is 0 Å². The molecule has 0 atom stereocenters. The second kappa shape index (κ2) is 9.05. The molecule has 0 aliphatic carbocycles. The summed E-state index contributed by atoms with van der Waals surface area (Å²) >= 11 is 0. The molecule has 0 unspecified atom stereocenters. The molecule has 0 bridgehead atoms. The van der Waals surface area contributed by atoms with Gasteiger partial charge in [0.2, 0.25) is 11.8 Å². The molecular weight excluding hydrogens is 398 g/mol. The van der Waals surface area contributed by atoms with E-state index in [-0.39, 0.29) is 17.7 Å². The highest BCUT2D eigenvalue weighted by Crippen LogP contribution is 2.26. The predicted molar refractivity (Wildman–Crippen MR) is 114 cm³/mol. The van der Waals surface area contributed by atoms with Crippen molar-refractivity contribution in [1.82, 2.24) is 19.7 Å². The van der Waals surface area contributed by atoms with Gasteiger partial charge in [-0.15, -0.1) is 0 Å². The van der Waals surface area contributed by atoms with Crippen molar-refractivity contribution in [3.63, 3.8) is 0 Å². The molecule has 1 aromatic rings. The van der Waals surface area contributed by atoms with Gasteiger partial charge in [-0.3, -0.25) is 19.3 Å². The zero-order valence-electron chi connectivity index (χ0n) is 18.2. The Morgan fingerprint density at radius 2 is 1.84 bits per heavy atom. The highest BCUT2D eigenvalue weighted by atomic mass is 16.5. The van der Waals surface area contributed by atoms with E-state index >= 15 is 0 Å². The summed E-state index contributed by atoms with van der Waals surface area (Å²) in [6.45, 7) is 6.98. The third-order valence-electron chi connectivity index (χ3n) is 6.07. The van der Waals surface area contributed by atoms with Gasteiger partial charge in [-0.05, 0) is 17.7 Å². The van der Waals surface area contributed by atoms with Gasteiger partial charge in [0.1, 0.15) is 18.1 Å². The van der Waals surface area contributed by atoms with Crippen LogP contribution in [0.3, 0.4) is 0 Å². The molecule has 166 valence electrons. The molecule has 3 heterocycles. The zero-order chi connectivity index (χ0) is 22.0. The number of ether oxygens (including phenoxy) is 1. The van der Waals surface area contributed by atoms with Crippen LogP contribution >= 0.6 is 0 Å². The predicted octanol–water partition coefficient (Wildman–Crippen LogP) is 0.680.